The first-order valence-corrected chi connectivity index (χ1v) is 8.81. The Morgan fingerprint density at radius 2 is 2.09 bits per heavy atom. The maximum atomic E-state index is 13.0. The van der Waals surface area contributed by atoms with Crippen molar-refractivity contribution >= 4 is 28.8 Å². The van der Waals surface area contributed by atoms with Gasteiger partial charge in [-0.15, -0.1) is 0 Å². The molecule has 1 aromatic rings. The second kappa shape index (κ2) is 5.00. The number of halogens is 2. The molecule has 3 heterocycles. The lowest BCUT2D eigenvalue weighted by Gasteiger charge is -2.36. The molecule has 1 aromatic heterocycles. The van der Waals surface area contributed by atoms with Crippen LogP contribution in [0, 0.1) is 11.3 Å². The van der Waals surface area contributed by atoms with Gasteiger partial charge in [-0.25, -0.2) is 8.78 Å². The van der Waals surface area contributed by atoms with Crippen LogP contribution in [0.5, 0.6) is 0 Å². The molecule has 3 fully saturated rings. The molecule has 1 atom stereocenters. The monoisotopic (exact) mass is 340 g/mol. The number of hydrogen-bond donors (Lipinski definition) is 0. The summed E-state index contributed by atoms with van der Waals surface area (Å²) in [6, 6.07) is 1.93. The number of hydrogen-bond acceptors (Lipinski definition) is 3. The van der Waals surface area contributed by atoms with Gasteiger partial charge in [0.15, 0.2) is 0 Å². The summed E-state index contributed by atoms with van der Waals surface area (Å²) in [4.78, 5) is 28.2. The van der Waals surface area contributed by atoms with Gasteiger partial charge in [-0.2, -0.15) is 11.3 Å². The van der Waals surface area contributed by atoms with Gasteiger partial charge >= 0.3 is 0 Å². The average Bonchev–Trinajstić information content (AvgIpc) is 3.17. The second-order valence-corrected chi connectivity index (χ2v) is 7.89. The van der Waals surface area contributed by atoms with Crippen LogP contribution in [-0.2, 0) is 9.59 Å². The molecule has 23 heavy (non-hydrogen) atoms. The van der Waals surface area contributed by atoms with Crippen molar-refractivity contribution in [2.45, 2.75) is 31.6 Å². The maximum absolute atomic E-state index is 13.0. The molecule has 2 amide bonds. The minimum Gasteiger partial charge on any atom is -0.342 e. The van der Waals surface area contributed by atoms with Crippen molar-refractivity contribution in [2.24, 2.45) is 11.3 Å². The molecular weight excluding hydrogens is 322 g/mol. The first-order chi connectivity index (χ1) is 10.9. The van der Waals surface area contributed by atoms with Crippen molar-refractivity contribution in [1.29, 1.82) is 0 Å². The Labute approximate surface area is 137 Å². The lowest BCUT2D eigenvalue weighted by atomic mass is 9.80. The molecule has 1 spiro atoms. The van der Waals surface area contributed by atoms with E-state index in [4.69, 9.17) is 0 Å². The van der Waals surface area contributed by atoms with Crippen LogP contribution in [0.2, 0.25) is 0 Å². The Bertz CT molecular complexity index is 641. The third-order valence-electron chi connectivity index (χ3n) is 5.33. The van der Waals surface area contributed by atoms with E-state index in [0.29, 0.717) is 26.1 Å². The summed E-state index contributed by atoms with van der Waals surface area (Å²) >= 11 is 1.55. The SMILES string of the molecule is O=C(C1CC(F)(F)C1)N1CCC2(CC(=O)N(c3ccsc3)C2)C1. The summed E-state index contributed by atoms with van der Waals surface area (Å²) in [5.74, 6) is -3.27. The van der Waals surface area contributed by atoms with Crippen LogP contribution in [0.15, 0.2) is 16.8 Å². The van der Waals surface area contributed by atoms with Crippen molar-refractivity contribution in [3.63, 3.8) is 0 Å². The van der Waals surface area contributed by atoms with Gasteiger partial charge in [-0.1, -0.05) is 0 Å². The molecule has 3 aliphatic rings. The van der Waals surface area contributed by atoms with E-state index in [1.54, 1.807) is 21.1 Å². The minimum atomic E-state index is -2.67. The number of carbonyl (C=O) groups excluding carboxylic acids is 2. The molecule has 0 radical (unpaired) electrons. The van der Waals surface area contributed by atoms with Crippen molar-refractivity contribution in [2.75, 3.05) is 24.5 Å². The van der Waals surface area contributed by atoms with Gasteiger partial charge in [-0.05, 0) is 17.9 Å². The Morgan fingerprint density at radius 1 is 1.30 bits per heavy atom. The molecule has 2 saturated heterocycles. The average molecular weight is 340 g/mol. The quantitative estimate of drug-likeness (QED) is 0.831. The molecule has 2 aliphatic heterocycles. The molecule has 124 valence electrons. The topological polar surface area (TPSA) is 40.6 Å². The predicted molar refractivity (Wildman–Crippen MR) is 82.6 cm³/mol. The van der Waals surface area contributed by atoms with E-state index in [0.717, 1.165) is 12.1 Å². The van der Waals surface area contributed by atoms with E-state index >= 15 is 0 Å². The van der Waals surface area contributed by atoms with Crippen LogP contribution >= 0.6 is 11.3 Å². The van der Waals surface area contributed by atoms with Gasteiger partial charge in [0, 0.05) is 55.6 Å². The van der Waals surface area contributed by atoms with Gasteiger partial charge in [0.2, 0.25) is 17.7 Å². The third kappa shape index (κ3) is 2.55. The smallest absolute Gasteiger partial charge is 0.249 e. The fraction of sp³-hybridized carbons (Fsp3) is 0.625. The standard InChI is InChI=1S/C16H18F2N2O2S/c17-16(18)5-11(6-16)14(22)19-3-2-15(9-19)7-13(21)20(10-15)12-1-4-23-8-12/h1,4,8,11H,2-3,5-7,9-10H2. The Kier molecular flexibility index (Phi) is 3.27. The molecule has 7 heteroatoms. The molecule has 1 aliphatic carbocycles. The molecule has 4 rings (SSSR count). The van der Waals surface area contributed by atoms with Crippen molar-refractivity contribution < 1.29 is 18.4 Å². The van der Waals surface area contributed by atoms with E-state index in [2.05, 4.69) is 0 Å². The summed E-state index contributed by atoms with van der Waals surface area (Å²) in [5.41, 5.74) is 0.710. The van der Waals surface area contributed by atoms with Crippen molar-refractivity contribution in [3.8, 4) is 0 Å². The van der Waals surface area contributed by atoms with E-state index < -0.39 is 11.8 Å². The first-order valence-electron chi connectivity index (χ1n) is 7.87. The Morgan fingerprint density at radius 3 is 2.74 bits per heavy atom. The molecule has 1 saturated carbocycles. The van der Waals surface area contributed by atoms with Crippen molar-refractivity contribution in [1.82, 2.24) is 4.90 Å². The lowest BCUT2D eigenvalue weighted by molar-refractivity contribution is -0.159. The highest BCUT2D eigenvalue weighted by atomic mass is 32.1. The Hall–Kier alpha value is -1.50. The van der Waals surface area contributed by atoms with Gasteiger partial charge in [0.05, 0.1) is 5.69 Å². The summed E-state index contributed by atoms with van der Waals surface area (Å²) in [6.45, 7) is 1.71. The molecule has 0 bridgehead atoms. The summed E-state index contributed by atoms with van der Waals surface area (Å²) in [6.07, 6.45) is 0.562. The fourth-order valence-electron chi connectivity index (χ4n) is 4.03. The largest absolute Gasteiger partial charge is 0.342 e. The van der Waals surface area contributed by atoms with E-state index in [-0.39, 0.29) is 30.1 Å². The van der Waals surface area contributed by atoms with Crippen LogP contribution in [-0.4, -0.2) is 42.3 Å². The number of nitrogens with zero attached hydrogens (tertiary/aromatic N) is 2. The van der Waals surface area contributed by atoms with Crippen LogP contribution in [0.3, 0.4) is 0 Å². The van der Waals surface area contributed by atoms with Crippen LogP contribution < -0.4 is 4.90 Å². The fourth-order valence-corrected chi connectivity index (χ4v) is 4.67. The van der Waals surface area contributed by atoms with Gasteiger partial charge in [-0.3, -0.25) is 9.59 Å². The Balaban J connectivity index is 1.42. The van der Waals surface area contributed by atoms with Crippen molar-refractivity contribution in [3.05, 3.63) is 16.8 Å². The van der Waals surface area contributed by atoms with Crippen LogP contribution in [0.1, 0.15) is 25.7 Å². The molecule has 1 unspecified atom stereocenters. The zero-order chi connectivity index (χ0) is 16.2. The van der Waals surface area contributed by atoms with E-state index in [9.17, 15) is 18.4 Å². The second-order valence-electron chi connectivity index (χ2n) is 7.11. The third-order valence-corrected chi connectivity index (χ3v) is 6.00. The van der Waals surface area contributed by atoms with Gasteiger partial charge in [0.1, 0.15) is 0 Å². The number of alkyl halides is 2. The van der Waals surface area contributed by atoms with Gasteiger partial charge in [0.25, 0.3) is 0 Å². The highest BCUT2D eigenvalue weighted by molar-refractivity contribution is 7.08. The number of amides is 2. The number of likely N-dealkylation sites (tertiary alicyclic amines) is 1. The number of rotatable bonds is 2. The van der Waals surface area contributed by atoms with Gasteiger partial charge < -0.3 is 9.80 Å². The minimum absolute atomic E-state index is 0.0906. The summed E-state index contributed by atoms with van der Waals surface area (Å²) in [7, 11) is 0. The molecule has 4 nitrogen and oxygen atoms in total. The highest BCUT2D eigenvalue weighted by Gasteiger charge is 2.53. The number of carbonyl (C=O) groups is 2. The zero-order valence-electron chi connectivity index (χ0n) is 12.6. The normalized spacial score (nSPS) is 30.3. The predicted octanol–water partition coefficient (Wildman–Crippen LogP) is 2.75. The lowest BCUT2D eigenvalue weighted by Crippen LogP contribution is -2.46. The molecule has 0 N–H and O–H groups in total. The van der Waals surface area contributed by atoms with E-state index in [1.807, 2.05) is 16.8 Å². The zero-order valence-corrected chi connectivity index (χ0v) is 13.5. The molecular formula is C16H18F2N2O2S. The summed E-state index contributed by atoms with van der Waals surface area (Å²) in [5, 5.41) is 3.89. The number of thiophene rings is 1. The maximum Gasteiger partial charge on any atom is 0.249 e. The molecule has 0 aromatic carbocycles. The summed E-state index contributed by atoms with van der Waals surface area (Å²) < 4.78 is 25.9. The van der Waals surface area contributed by atoms with E-state index in [1.165, 1.54) is 0 Å². The van der Waals surface area contributed by atoms with Crippen LogP contribution in [0.4, 0.5) is 14.5 Å². The number of anilines is 1. The van der Waals surface area contributed by atoms with Crippen LogP contribution in [0.25, 0.3) is 0 Å². The highest BCUT2D eigenvalue weighted by Crippen LogP contribution is 2.46. The first kappa shape index (κ1) is 15.1.